The maximum atomic E-state index is 14.1. The van der Waals surface area contributed by atoms with Crippen molar-refractivity contribution in [3.05, 3.63) is 29.6 Å². The summed E-state index contributed by atoms with van der Waals surface area (Å²) in [7, 11) is 3.95. The quantitative estimate of drug-likeness (QED) is 0.787. The van der Waals surface area contributed by atoms with Gasteiger partial charge in [-0.1, -0.05) is 0 Å². The monoisotopic (exact) mass is 301 g/mol. The molecule has 0 saturated heterocycles. The normalized spacial score (nSPS) is 13.3. The molecule has 110 valence electrons. The summed E-state index contributed by atoms with van der Waals surface area (Å²) < 4.78 is 29.3. The maximum Gasteiger partial charge on any atom is 0.184 e. The van der Waals surface area contributed by atoms with E-state index in [0.29, 0.717) is 11.3 Å². The highest BCUT2D eigenvalue weighted by Crippen LogP contribution is 2.27. The van der Waals surface area contributed by atoms with Gasteiger partial charge >= 0.3 is 0 Å². The third-order valence-electron chi connectivity index (χ3n) is 3.37. The van der Waals surface area contributed by atoms with Crippen LogP contribution in [0.1, 0.15) is 25.2 Å². The van der Waals surface area contributed by atoms with Gasteiger partial charge < -0.3 is 9.47 Å². The SMILES string of the molecule is CC(CCN(C)C)n1c(CCl)nc2ccc(F)c(F)c21. The molecule has 1 unspecified atom stereocenters. The Labute approximate surface area is 122 Å². The summed E-state index contributed by atoms with van der Waals surface area (Å²) in [6.07, 6.45) is 0.804. The molecule has 0 radical (unpaired) electrons. The van der Waals surface area contributed by atoms with E-state index in [1.807, 2.05) is 25.9 Å². The number of aromatic nitrogens is 2. The highest BCUT2D eigenvalue weighted by Gasteiger charge is 2.20. The third-order valence-corrected chi connectivity index (χ3v) is 3.61. The zero-order valence-electron chi connectivity index (χ0n) is 11.8. The summed E-state index contributed by atoms with van der Waals surface area (Å²) in [5.74, 6) is -0.984. The highest BCUT2D eigenvalue weighted by atomic mass is 35.5. The van der Waals surface area contributed by atoms with Crippen molar-refractivity contribution in [1.29, 1.82) is 0 Å². The Morgan fingerprint density at radius 2 is 2.05 bits per heavy atom. The summed E-state index contributed by atoms with van der Waals surface area (Å²) in [4.78, 5) is 6.34. The lowest BCUT2D eigenvalue weighted by Gasteiger charge is -2.19. The molecular formula is C14H18ClF2N3. The number of alkyl halides is 1. The van der Waals surface area contributed by atoms with Crippen LogP contribution in [-0.4, -0.2) is 35.1 Å². The van der Waals surface area contributed by atoms with Gasteiger partial charge in [0.25, 0.3) is 0 Å². The number of rotatable bonds is 5. The van der Waals surface area contributed by atoms with Gasteiger partial charge in [0.2, 0.25) is 0 Å². The molecule has 6 heteroatoms. The molecule has 0 fully saturated rings. The summed E-state index contributed by atoms with van der Waals surface area (Å²) in [6, 6.07) is 2.57. The van der Waals surface area contributed by atoms with Crippen molar-refractivity contribution in [2.45, 2.75) is 25.3 Å². The molecule has 2 rings (SSSR count). The highest BCUT2D eigenvalue weighted by molar-refractivity contribution is 6.16. The molecule has 0 aliphatic carbocycles. The molecule has 0 aliphatic heterocycles. The summed E-state index contributed by atoms with van der Waals surface area (Å²) in [5, 5.41) is 0. The molecule has 0 spiro atoms. The van der Waals surface area contributed by atoms with Crippen molar-refractivity contribution in [1.82, 2.24) is 14.5 Å². The van der Waals surface area contributed by atoms with Crippen LogP contribution in [0, 0.1) is 11.6 Å². The van der Waals surface area contributed by atoms with E-state index in [1.54, 1.807) is 4.57 Å². The molecule has 0 amide bonds. The Hall–Kier alpha value is -1.20. The number of hydrogen-bond donors (Lipinski definition) is 0. The number of fused-ring (bicyclic) bond motifs is 1. The minimum absolute atomic E-state index is 0.00699. The lowest BCUT2D eigenvalue weighted by atomic mass is 10.2. The molecule has 0 saturated carbocycles. The van der Waals surface area contributed by atoms with Crippen LogP contribution in [0.4, 0.5) is 8.78 Å². The molecule has 1 aromatic carbocycles. The van der Waals surface area contributed by atoms with Gasteiger partial charge in [0.05, 0.1) is 11.4 Å². The molecular weight excluding hydrogens is 284 g/mol. The standard InChI is InChI=1S/C14H18ClF2N3/c1-9(6-7-19(2)3)20-12(8-15)18-11-5-4-10(16)13(17)14(11)20/h4-5,9H,6-8H2,1-3H3. The van der Waals surface area contributed by atoms with Gasteiger partial charge in [-0.2, -0.15) is 0 Å². The van der Waals surface area contributed by atoms with E-state index in [0.717, 1.165) is 19.0 Å². The number of halogens is 3. The first-order chi connectivity index (χ1) is 9.45. The number of nitrogens with zero attached hydrogens (tertiary/aromatic N) is 3. The van der Waals surface area contributed by atoms with Crippen molar-refractivity contribution in [2.75, 3.05) is 20.6 Å². The van der Waals surface area contributed by atoms with Crippen LogP contribution in [0.5, 0.6) is 0 Å². The first-order valence-electron chi connectivity index (χ1n) is 6.51. The zero-order chi connectivity index (χ0) is 14.9. The Morgan fingerprint density at radius 3 is 2.65 bits per heavy atom. The largest absolute Gasteiger partial charge is 0.322 e. The van der Waals surface area contributed by atoms with Crippen LogP contribution in [-0.2, 0) is 5.88 Å². The second-order valence-electron chi connectivity index (χ2n) is 5.20. The molecule has 2 aromatic rings. The van der Waals surface area contributed by atoms with Crippen LogP contribution in [0.15, 0.2) is 12.1 Å². The van der Waals surface area contributed by atoms with Crippen LogP contribution in [0.25, 0.3) is 11.0 Å². The second-order valence-corrected chi connectivity index (χ2v) is 5.47. The molecule has 1 atom stereocenters. The van der Waals surface area contributed by atoms with E-state index in [1.165, 1.54) is 6.07 Å². The zero-order valence-corrected chi connectivity index (χ0v) is 12.6. The lowest BCUT2D eigenvalue weighted by Crippen LogP contribution is -2.18. The minimum atomic E-state index is -0.861. The van der Waals surface area contributed by atoms with E-state index in [2.05, 4.69) is 4.98 Å². The first-order valence-corrected chi connectivity index (χ1v) is 7.04. The van der Waals surface area contributed by atoms with E-state index in [9.17, 15) is 8.78 Å². The topological polar surface area (TPSA) is 21.1 Å². The van der Waals surface area contributed by atoms with E-state index in [-0.39, 0.29) is 17.4 Å². The number of imidazole rings is 1. The van der Waals surface area contributed by atoms with Gasteiger partial charge in [0.1, 0.15) is 11.3 Å². The predicted molar refractivity (Wildman–Crippen MR) is 77.1 cm³/mol. The van der Waals surface area contributed by atoms with Crippen LogP contribution in [0.3, 0.4) is 0 Å². The van der Waals surface area contributed by atoms with Crippen molar-refractivity contribution >= 4 is 22.6 Å². The number of benzene rings is 1. The fourth-order valence-corrected chi connectivity index (χ4v) is 2.50. The second kappa shape index (κ2) is 6.06. The summed E-state index contributed by atoms with van der Waals surface area (Å²) >= 11 is 5.89. The van der Waals surface area contributed by atoms with Crippen molar-refractivity contribution in [3.63, 3.8) is 0 Å². The predicted octanol–water partition coefficient (Wildman–Crippen LogP) is 3.57. The third kappa shape index (κ3) is 2.79. The Kier molecular flexibility index (Phi) is 4.60. The fourth-order valence-electron chi connectivity index (χ4n) is 2.31. The smallest absolute Gasteiger partial charge is 0.184 e. The van der Waals surface area contributed by atoms with E-state index in [4.69, 9.17) is 11.6 Å². The van der Waals surface area contributed by atoms with E-state index >= 15 is 0 Å². The van der Waals surface area contributed by atoms with Crippen molar-refractivity contribution < 1.29 is 8.78 Å². The molecule has 1 heterocycles. The molecule has 1 aromatic heterocycles. The van der Waals surface area contributed by atoms with Gasteiger partial charge in [-0.3, -0.25) is 0 Å². The molecule has 0 aliphatic rings. The Morgan fingerprint density at radius 1 is 1.35 bits per heavy atom. The molecule has 0 N–H and O–H groups in total. The van der Waals surface area contributed by atoms with Gasteiger partial charge in [0.15, 0.2) is 11.6 Å². The van der Waals surface area contributed by atoms with E-state index < -0.39 is 11.6 Å². The fraction of sp³-hybridized carbons (Fsp3) is 0.500. The summed E-state index contributed by atoms with van der Waals surface area (Å²) in [6.45, 7) is 2.81. The average Bonchev–Trinajstić information content (AvgIpc) is 2.79. The van der Waals surface area contributed by atoms with Crippen molar-refractivity contribution in [3.8, 4) is 0 Å². The number of hydrogen-bond acceptors (Lipinski definition) is 2. The molecule has 3 nitrogen and oxygen atoms in total. The minimum Gasteiger partial charge on any atom is -0.322 e. The molecule has 0 bridgehead atoms. The summed E-state index contributed by atoms with van der Waals surface area (Å²) in [5.41, 5.74) is 0.642. The average molecular weight is 302 g/mol. The van der Waals surface area contributed by atoms with Gasteiger partial charge in [-0.05, 0) is 46.1 Å². The van der Waals surface area contributed by atoms with Crippen LogP contribution >= 0.6 is 11.6 Å². The first kappa shape index (κ1) is 15.2. The maximum absolute atomic E-state index is 14.1. The van der Waals surface area contributed by atoms with Crippen molar-refractivity contribution in [2.24, 2.45) is 0 Å². The van der Waals surface area contributed by atoms with Crippen LogP contribution in [0.2, 0.25) is 0 Å². The Bertz CT molecular complexity index is 610. The Balaban J connectivity index is 2.51. The molecule has 20 heavy (non-hydrogen) atoms. The lowest BCUT2D eigenvalue weighted by molar-refractivity contribution is 0.357. The van der Waals surface area contributed by atoms with Gasteiger partial charge in [-0.25, -0.2) is 13.8 Å². The van der Waals surface area contributed by atoms with Gasteiger partial charge in [0, 0.05) is 6.04 Å². The van der Waals surface area contributed by atoms with Gasteiger partial charge in [-0.15, -0.1) is 11.6 Å². The van der Waals surface area contributed by atoms with Crippen LogP contribution < -0.4 is 0 Å².